The SMILES string of the molecule is Cc1ccc(N(CC(=O)N(Cc2cccc(Cl)c2)C(Cc2ccccc2)C(=O)NC2CCCC2)S(C)(=O)=O)cc1Cl. The van der Waals surface area contributed by atoms with Gasteiger partial charge in [-0.2, -0.15) is 0 Å². The third-order valence-corrected chi connectivity index (χ3v) is 9.12. The summed E-state index contributed by atoms with van der Waals surface area (Å²) in [5, 5.41) is 4.04. The molecule has 0 radical (unpaired) electrons. The van der Waals surface area contributed by atoms with Crippen molar-refractivity contribution in [2.75, 3.05) is 17.1 Å². The Hall–Kier alpha value is -3.07. The molecule has 4 rings (SSSR count). The second kappa shape index (κ2) is 13.7. The zero-order valence-electron chi connectivity index (χ0n) is 23.2. The van der Waals surface area contributed by atoms with Gasteiger partial charge in [-0.3, -0.25) is 13.9 Å². The summed E-state index contributed by atoms with van der Waals surface area (Å²) in [6, 6.07) is 20.6. The highest BCUT2D eigenvalue weighted by Gasteiger charge is 2.34. The fourth-order valence-corrected chi connectivity index (χ4v) is 6.33. The minimum Gasteiger partial charge on any atom is -0.352 e. The number of anilines is 1. The number of hydrogen-bond donors (Lipinski definition) is 1. The van der Waals surface area contributed by atoms with Gasteiger partial charge < -0.3 is 10.2 Å². The summed E-state index contributed by atoms with van der Waals surface area (Å²) in [6.07, 6.45) is 5.18. The van der Waals surface area contributed by atoms with Crippen LogP contribution in [0.2, 0.25) is 10.0 Å². The van der Waals surface area contributed by atoms with Crippen LogP contribution in [0.5, 0.6) is 0 Å². The van der Waals surface area contributed by atoms with Crippen molar-refractivity contribution in [1.82, 2.24) is 10.2 Å². The monoisotopic (exact) mass is 615 g/mol. The zero-order valence-corrected chi connectivity index (χ0v) is 25.6. The van der Waals surface area contributed by atoms with E-state index in [1.165, 1.54) is 11.0 Å². The van der Waals surface area contributed by atoms with Gasteiger partial charge in [-0.15, -0.1) is 0 Å². The number of carbonyl (C=O) groups is 2. The molecule has 1 saturated carbocycles. The van der Waals surface area contributed by atoms with Crippen LogP contribution in [0, 0.1) is 6.92 Å². The van der Waals surface area contributed by atoms with Gasteiger partial charge in [0, 0.05) is 29.1 Å². The summed E-state index contributed by atoms with van der Waals surface area (Å²) in [4.78, 5) is 29.5. The van der Waals surface area contributed by atoms with E-state index in [0.717, 1.165) is 52.9 Å². The van der Waals surface area contributed by atoms with Gasteiger partial charge >= 0.3 is 0 Å². The van der Waals surface area contributed by atoms with Crippen LogP contribution in [0.4, 0.5) is 5.69 Å². The number of hydrogen-bond acceptors (Lipinski definition) is 4. The molecule has 1 N–H and O–H groups in total. The number of aryl methyl sites for hydroxylation is 1. The van der Waals surface area contributed by atoms with Crippen LogP contribution in [0.25, 0.3) is 0 Å². The highest BCUT2D eigenvalue weighted by Crippen LogP contribution is 2.26. The van der Waals surface area contributed by atoms with Crippen LogP contribution in [-0.2, 0) is 32.6 Å². The highest BCUT2D eigenvalue weighted by molar-refractivity contribution is 7.92. The minimum atomic E-state index is -3.87. The van der Waals surface area contributed by atoms with Gasteiger partial charge in [-0.25, -0.2) is 8.42 Å². The summed E-state index contributed by atoms with van der Waals surface area (Å²) in [6.45, 7) is 1.38. The van der Waals surface area contributed by atoms with Crippen molar-refractivity contribution in [2.45, 2.75) is 57.7 Å². The van der Waals surface area contributed by atoms with Crippen molar-refractivity contribution in [3.8, 4) is 0 Å². The van der Waals surface area contributed by atoms with Crippen molar-refractivity contribution in [3.63, 3.8) is 0 Å². The van der Waals surface area contributed by atoms with Gasteiger partial charge in [0.15, 0.2) is 0 Å². The maximum absolute atomic E-state index is 14.2. The number of nitrogens with zero attached hydrogens (tertiary/aromatic N) is 2. The van der Waals surface area contributed by atoms with E-state index in [-0.39, 0.29) is 30.6 Å². The Morgan fingerprint density at radius 2 is 1.63 bits per heavy atom. The molecular formula is C31H35Cl2N3O4S. The van der Waals surface area contributed by atoms with E-state index in [1.807, 2.05) is 43.3 Å². The molecule has 1 fully saturated rings. The van der Waals surface area contributed by atoms with E-state index < -0.39 is 28.5 Å². The summed E-state index contributed by atoms with van der Waals surface area (Å²) in [5.74, 6) is -0.782. The molecule has 2 amide bonds. The van der Waals surface area contributed by atoms with E-state index >= 15 is 0 Å². The molecule has 1 unspecified atom stereocenters. The molecule has 0 aromatic heterocycles. The maximum atomic E-state index is 14.2. The van der Waals surface area contributed by atoms with Gasteiger partial charge in [-0.05, 0) is 60.7 Å². The molecule has 3 aromatic carbocycles. The molecule has 0 heterocycles. The van der Waals surface area contributed by atoms with Crippen molar-refractivity contribution in [2.24, 2.45) is 0 Å². The van der Waals surface area contributed by atoms with Crippen LogP contribution < -0.4 is 9.62 Å². The van der Waals surface area contributed by atoms with E-state index in [0.29, 0.717) is 10.0 Å². The molecule has 10 heteroatoms. The Balaban J connectivity index is 1.73. The predicted octanol–water partition coefficient (Wildman–Crippen LogP) is 5.77. The van der Waals surface area contributed by atoms with Gasteiger partial charge in [0.2, 0.25) is 21.8 Å². The smallest absolute Gasteiger partial charge is 0.244 e. The standard InChI is InChI=1S/C31H35Cl2N3O4S/c1-22-15-16-27(19-28(22)33)36(41(2,39)40)21-30(37)35(20-24-11-8-12-25(32)17-24)29(18-23-9-4-3-5-10-23)31(38)34-26-13-6-7-14-26/h3-5,8-12,15-17,19,26,29H,6-7,13-14,18,20-21H2,1-2H3,(H,34,38). The lowest BCUT2D eigenvalue weighted by Gasteiger charge is -2.34. The van der Waals surface area contributed by atoms with Crippen LogP contribution in [0.3, 0.4) is 0 Å². The van der Waals surface area contributed by atoms with E-state index in [1.54, 1.807) is 30.3 Å². The number of amides is 2. The van der Waals surface area contributed by atoms with Crippen LogP contribution in [0.15, 0.2) is 72.8 Å². The predicted molar refractivity (Wildman–Crippen MR) is 165 cm³/mol. The summed E-state index contributed by atoms with van der Waals surface area (Å²) in [7, 11) is -3.87. The summed E-state index contributed by atoms with van der Waals surface area (Å²) in [5.41, 5.74) is 2.66. The Bertz CT molecular complexity index is 1480. The Morgan fingerprint density at radius 1 is 0.951 bits per heavy atom. The van der Waals surface area contributed by atoms with Crippen molar-refractivity contribution < 1.29 is 18.0 Å². The molecule has 0 bridgehead atoms. The molecule has 0 aliphatic heterocycles. The number of sulfonamides is 1. The molecular weight excluding hydrogens is 581 g/mol. The van der Waals surface area contributed by atoms with E-state index in [2.05, 4.69) is 5.32 Å². The van der Waals surface area contributed by atoms with Crippen molar-refractivity contribution in [1.29, 1.82) is 0 Å². The third-order valence-electron chi connectivity index (χ3n) is 7.34. The first-order valence-corrected chi connectivity index (χ1v) is 16.2. The maximum Gasteiger partial charge on any atom is 0.244 e. The second-order valence-corrected chi connectivity index (χ2v) is 13.3. The molecule has 7 nitrogen and oxygen atoms in total. The lowest BCUT2D eigenvalue weighted by atomic mass is 10.0. The first-order valence-electron chi connectivity index (χ1n) is 13.6. The normalized spacial score (nSPS) is 14.4. The molecule has 1 atom stereocenters. The molecule has 218 valence electrons. The fraction of sp³-hybridized carbons (Fsp3) is 0.355. The quantitative estimate of drug-likeness (QED) is 0.297. The molecule has 1 aliphatic rings. The largest absolute Gasteiger partial charge is 0.352 e. The van der Waals surface area contributed by atoms with Gasteiger partial charge in [0.25, 0.3) is 0 Å². The molecule has 0 spiro atoms. The van der Waals surface area contributed by atoms with Crippen LogP contribution in [0.1, 0.15) is 42.4 Å². The Morgan fingerprint density at radius 3 is 2.27 bits per heavy atom. The first kappa shape index (κ1) is 30.9. The topological polar surface area (TPSA) is 86.8 Å². The Kier molecular flexibility index (Phi) is 10.3. The lowest BCUT2D eigenvalue weighted by molar-refractivity contribution is -0.140. The molecule has 41 heavy (non-hydrogen) atoms. The van der Waals surface area contributed by atoms with Gasteiger partial charge in [0.05, 0.1) is 11.9 Å². The van der Waals surface area contributed by atoms with Gasteiger partial charge in [-0.1, -0.05) is 84.6 Å². The van der Waals surface area contributed by atoms with E-state index in [9.17, 15) is 18.0 Å². The van der Waals surface area contributed by atoms with Crippen LogP contribution in [-0.4, -0.2) is 50.0 Å². The molecule has 1 aliphatic carbocycles. The average molecular weight is 617 g/mol. The van der Waals surface area contributed by atoms with Crippen LogP contribution >= 0.6 is 23.2 Å². The lowest BCUT2D eigenvalue weighted by Crippen LogP contribution is -2.54. The minimum absolute atomic E-state index is 0.0473. The molecule has 3 aromatic rings. The van der Waals surface area contributed by atoms with Crippen molar-refractivity contribution in [3.05, 3.63) is 99.5 Å². The fourth-order valence-electron chi connectivity index (χ4n) is 5.10. The Labute approximate surface area is 252 Å². The average Bonchev–Trinajstić information content (AvgIpc) is 3.44. The third kappa shape index (κ3) is 8.47. The van der Waals surface area contributed by atoms with Crippen molar-refractivity contribution >= 4 is 50.7 Å². The number of rotatable bonds is 11. The number of benzene rings is 3. The number of carbonyl (C=O) groups excluding carboxylic acids is 2. The highest BCUT2D eigenvalue weighted by atomic mass is 35.5. The number of nitrogens with one attached hydrogen (secondary N) is 1. The summed E-state index contributed by atoms with van der Waals surface area (Å²) < 4.78 is 26.9. The van der Waals surface area contributed by atoms with Gasteiger partial charge in [0.1, 0.15) is 12.6 Å². The molecule has 0 saturated heterocycles. The number of halogens is 2. The van der Waals surface area contributed by atoms with E-state index in [4.69, 9.17) is 23.2 Å². The zero-order chi connectivity index (χ0) is 29.6. The second-order valence-electron chi connectivity index (χ2n) is 10.6. The summed E-state index contributed by atoms with van der Waals surface area (Å²) >= 11 is 12.6. The first-order chi connectivity index (χ1) is 19.5.